The molecule has 82 valence electrons. The van der Waals surface area contributed by atoms with Gasteiger partial charge in [0, 0.05) is 25.1 Å². The molecule has 1 atom stereocenters. The highest BCUT2D eigenvalue weighted by Crippen LogP contribution is 2.21. The van der Waals surface area contributed by atoms with Gasteiger partial charge in [-0.15, -0.1) is 0 Å². The molecule has 0 spiro atoms. The lowest BCUT2D eigenvalue weighted by Crippen LogP contribution is -2.20. The van der Waals surface area contributed by atoms with Gasteiger partial charge in [-0.2, -0.15) is 0 Å². The van der Waals surface area contributed by atoms with Gasteiger partial charge in [-0.05, 0) is 24.9 Å². The van der Waals surface area contributed by atoms with Crippen molar-refractivity contribution in [3.63, 3.8) is 0 Å². The molecule has 0 aromatic carbocycles. The molecule has 0 radical (unpaired) electrons. The van der Waals surface area contributed by atoms with Crippen molar-refractivity contribution in [3.05, 3.63) is 24.2 Å². The van der Waals surface area contributed by atoms with Gasteiger partial charge in [0.1, 0.15) is 0 Å². The first-order valence-corrected chi connectivity index (χ1v) is 5.19. The Hall–Kier alpha value is -1.29. The number of hydrogen-bond acceptors (Lipinski definition) is 3. The molecule has 1 saturated heterocycles. The number of furan rings is 1. The minimum atomic E-state index is -0.690. The molecule has 1 unspecified atom stereocenters. The lowest BCUT2D eigenvalue weighted by molar-refractivity contribution is -0.138. The van der Waals surface area contributed by atoms with Crippen LogP contribution in [-0.4, -0.2) is 29.1 Å². The van der Waals surface area contributed by atoms with E-state index in [4.69, 9.17) is 9.52 Å². The average Bonchev–Trinajstić information content (AvgIpc) is 2.77. The molecule has 4 nitrogen and oxygen atoms in total. The minimum Gasteiger partial charge on any atom is -0.481 e. The monoisotopic (exact) mass is 209 g/mol. The quantitative estimate of drug-likeness (QED) is 0.817. The molecule has 1 aliphatic rings. The molecule has 0 aliphatic carbocycles. The molecule has 1 fully saturated rings. The van der Waals surface area contributed by atoms with Crippen LogP contribution in [0.25, 0.3) is 0 Å². The van der Waals surface area contributed by atoms with Crippen molar-refractivity contribution in [2.75, 3.05) is 13.1 Å². The Kier molecular flexibility index (Phi) is 3.06. The van der Waals surface area contributed by atoms with Gasteiger partial charge in [-0.25, -0.2) is 0 Å². The Morgan fingerprint density at radius 3 is 3.20 bits per heavy atom. The van der Waals surface area contributed by atoms with E-state index in [-0.39, 0.29) is 0 Å². The van der Waals surface area contributed by atoms with Crippen LogP contribution >= 0.6 is 0 Å². The number of likely N-dealkylation sites (tertiary alicyclic amines) is 1. The first-order chi connectivity index (χ1) is 7.24. The fourth-order valence-corrected chi connectivity index (χ4v) is 2.11. The summed E-state index contributed by atoms with van der Waals surface area (Å²) in [6.07, 6.45) is 4.69. The van der Waals surface area contributed by atoms with E-state index in [9.17, 15) is 4.79 Å². The third-order valence-electron chi connectivity index (χ3n) is 2.82. The summed E-state index contributed by atoms with van der Waals surface area (Å²) in [5.74, 6) is -0.375. The summed E-state index contributed by atoms with van der Waals surface area (Å²) >= 11 is 0. The van der Waals surface area contributed by atoms with Crippen LogP contribution in [0.3, 0.4) is 0 Å². The van der Waals surface area contributed by atoms with E-state index in [1.165, 1.54) is 0 Å². The van der Waals surface area contributed by atoms with Crippen molar-refractivity contribution in [1.82, 2.24) is 4.90 Å². The van der Waals surface area contributed by atoms with Gasteiger partial charge in [-0.1, -0.05) is 0 Å². The van der Waals surface area contributed by atoms with E-state index in [0.29, 0.717) is 12.3 Å². The molecule has 15 heavy (non-hydrogen) atoms. The number of carboxylic acids is 1. The van der Waals surface area contributed by atoms with Gasteiger partial charge in [-0.3, -0.25) is 9.69 Å². The molecule has 1 aliphatic heterocycles. The van der Waals surface area contributed by atoms with Gasteiger partial charge >= 0.3 is 5.97 Å². The number of aliphatic carboxylic acids is 1. The van der Waals surface area contributed by atoms with Crippen LogP contribution in [0.4, 0.5) is 0 Å². The maximum atomic E-state index is 10.5. The largest absolute Gasteiger partial charge is 0.481 e. The SMILES string of the molecule is O=C(O)CC1CCN(Cc2ccoc2)C1. The van der Waals surface area contributed by atoms with Crippen molar-refractivity contribution in [2.45, 2.75) is 19.4 Å². The Morgan fingerprint density at radius 1 is 1.67 bits per heavy atom. The summed E-state index contributed by atoms with van der Waals surface area (Å²) < 4.78 is 5.00. The van der Waals surface area contributed by atoms with E-state index in [0.717, 1.165) is 31.6 Å². The van der Waals surface area contributed by atoms with Crippen LogP contribution in [0.1, 0.15) is 18.4 Å². The lowest BCUT2D eigenvalue weighted by atomic mass is 10.1. The van der Waals surface area contributed by atoms with Gasteiger partial charge in [0.2, 0.25) is 0 Å². The van der Waals surface area contributed by atoms with E-state index >= 15 is 0 Å². The van der Waals surface area contributed by atoms with Gasteiger partial charge in [0.05, 0.1) is 12.5 Å². The van der Waals surface area contributed by atoms with E-state index < -0.39 is 5.97 Å². The first kappa shape index (κ1) is 10.2. The summed E-state index contributed by atoms with van der Waals surface area (Å²) in [5, 5.41) is 8.68. The molecule has 0 amide bonds. The highest BCUT2D eigenvalue weighted by atomic mass is 16.4. The van der Waals surface area contributed by atoms with E-state index in [1.54, 1.807) is 12.5 Å². The smallest absolute Gasteiger partial charge is 0.303 e. The second kappa shape index (κ2) is 4.49. The zero-order chi connectivity index (χ0) is 10.7. The van der Waals surface area contributed by atoms with Crippen LogP contribution < -0.4 is 0 Å². The standard InChI is InChI=1S/C11H15NO3/c13-11(14)5-9-1-3-12(6-9)7-10-2-4-15-8-10/h2,4,8-9H,1,3,5-7H2,(H,13,14). The van der Waals surface area contributed by atoms with Gasteiger partial charge < -0.3 is 9.52 Å². The average molecular weight is 209 g/mol. The van der Waals surface area contributed by atoms with E-state index in [2.05, 4.69) is 4.90 Å². The number of rotatable bonds is 4. The van der Waals surface area contributed by atoms with Crippen molar-refractivity contribution >= 4 is 5.97 Å². The summed E-state index contributed by atoms with van der Waals surface area (Å²) in [6.45, 7) is 2.74. The topological polar surface area (TPSA) is 53.7 Å². The number of hydrogen-bond donors (Lipinski definition) is 1. The summed E-state index contributed by atoms with van der Waals surface area (Å²) in [6, 6.07) is 1.95. The summed E-state index contributed by atoms with van der Waals surface area (Å²) in [7, 11) is 0. The molecular formula is C11H15NO3. The summed E-state index contributed by atoms with van der Waals surface area (Å²) in [4.78, 5) is 12.8. The lowest BCUT2D eigenvalue weighted by Gasteiger charge is -2.13. The van der Waals surface area contributed by atoms with E-state index in [1.807, 2.05) is 6.07 Å². The Labute approximate surface area is 88.5 Å². The molecule has 1 N–H and O–H groups in total. The fourth-order valence-electron chi connectivity index (χ4n) is 2.11. The third kappa shape index (κ3) is 2.83. The zero-order valence-corrected chi connectivity index (χ0v) is 8.56. The number of carbonyl (C=O) groups is 1. The molecule has 0 bridgehead atoms. The first-order valence-electron chi connectivity index (χ1n) is 5.19. The van der Waals surface area contributed by atoms with Crippen molar-refractivity contribution in [1.29, 1.82) is 0 Å². The Balaban J connectivity index is 1.80. The van der Waals surface area contributed by atoms with Crippen molar-refractivity contribution < 1.29 is 14.3 Å². The fraction of sp³-hybridized carbons (Fsp3) is 0.545. The Bertz CT molecular complexity index is 321. The third-order valence-corrected chi connectivity index (χ3v) is 2.82. The van der Waals surface area contributed by atoms with Crippen LogP contribution in [0, 0.1) is 5.92 Å². The summed E-state index contributed by atoms with van der Waals surface area (Å²) in [5.41, 5.74) is 1.16. The molecule has 2 heterocycles. The maximum absolute atomic E-state index is 10.5. The second-order valence-corrected chi connectivity index (χ2v) is 4.12. The van der Waals surface area contributed by atoms with Crippen LogP contribution in [0.5, 0.6) is 0 Å². The van der Waals surface area contributed by atoms with Crippen LogP contribution in [0.15, 0.2) is 23.0 Å². The number of carboxylic acid groups (broad SMARTS) is 1. The molecule has 0 saturated carbocycles. The van der Waals surface area contributed by atoms with Crippen LogP contribution in [0.2, 0.25) is 0 Å². The van der Waals surface area contributed by atoms with Crippen molar-refractivity contribution in [3.8, 4) is 0 Å². The predicted octanol–water partition coefficient (Wildman–Crippen LogP) is 1.58. The van der Waals surface area contributed by atoms with Gasteiger partial charge in [0.25, 0.3) is 0 Å². The second-order valence-electron chi connectivity index (χ2n) is 4.12. The highest BCUT2D eigenvalue weighted by Gasteiger charge is 2.24. The van der Waals surface area contributed by atoms with Crippen LogP contribution in [-0.2, 0) is 11.3 Å². The van der Waals surface area contributed by atoms with Crippen molar-refractivity contribution in [2.24, 2.45) is 5.92 Å². The molecule has 2 rings (SSSR count). The highest BCUT2D eigenvalue weighted by molar-refractivity contribution is 5.67. The Morgan fingerprint density at radius 2 is 2.53 bits per heavy atom. The molecule has 1 aromatic heterocycles. The maximum Gasteiger partial charge on any atom is 0.303 e. The molecule has 4 heteroatoms. The normalized spacial score (nSPS) is 22.0. The molecular weight excluding hydrogens is 194 g/mol. The number of nitrogens with zero attached hydrogens (tertiary/aromatic N) is 1. The molecule has 1 aromatic rings. The van der Waals surface area contributed by atoms with Gasteiger partial charge in [0.15, 0.2) is 0 Å². The minimum absolute atomic E-state index is 0.294. The predicted molar refractivity (Wildman–Crippen MR) is 54.3 cm³/mol. The zero-order valence-electron chi connectivity index (χ0n) is 8.56.